The van der Waals surface area contributed by atoms with Gasteiger partial charge in [0.2, 0.25) is 0 Å². The summed E-state index contributed by atoms with van der Waals surface area (Å²) in [7, 11) is 0. The molecule has 0 amide bonds. The van der Waals surface area contributed by atoms with Gasteiger partial charge in [0.25, 0.3) is 0 Å². The summed E-state index contributed by atoms with van der Waals surface area (Å²) < 4.78 is 7.36. The molecule has 2 aromatic carbocycles. The molecule has 3 rings (SSSR count). The molecule has 1 aromatic heterocycles. The highest BCUT2D eigenvalue weighted by Gasteiger charge is 2.01. The van der Waals surface area contributed by atoms with E-state index in [0.29, 0.717) is 6.61 Å². The van der Waals surface area contributed by atoms with Gasteiger partial charge < -0.3 is 4.74 Å². The molecule has 0 radical (unpaired) electrons. The van der Waals surface area contributed by atoms with Crippen LogP contribution >= 0.6 is 0 Å². The van der Waals surface area contributed by atoms with E-state index in [9.17, 15) is 0 Å². The number of imidazole rings is 1. The molecule has 0 N–H and O–H groups in total. The van der Waals surface area contributed by atoms with Crippen molar-refractivity contribution in [1.82, 2.24) is 9.66 Å². The summed E-state index contributed by atoms with van der Waals surface area (Å²) in [5.41, 5.74) is 2.81. The van der Waals surface area contributed by atoms with E-state index in [-0.39, 0.29) is 0 Å². The number of benzene rings is 2. The van der Waals surface area contributed by atoms with Gasteiger partial charge in [-0.3, -0.25) is 0 Å². The molecule has 104 valence electrons. The van der Waals surface area contributed by atoms with Gasteiger partial charge in [-0.1, -0.05) is 36.9 Å². The lowest BCUT2D eigenvalue weighted by molar-refractivity contribution is 0.362. The number of hydrogen-bond acceptors (Lipinski definition) is 3. The predicted octanol–water partition coefficient (Wildman–Crippen LogP) is 3.48. The topological polar surface area (TPSA) is 39.4 Å². The number of rotatable bonds is 5. The van der Waals surface area contributed by atoms with Crippen LogP contribution in [0.3, 0.4) is 0 Å². The lowest BCUT2D eigenvalue weighted by Gasteiger charge is -2.06. The van der Waals surface area contributed by atoms with Crippen molar-refractivity contribution in [3.05, 3.63) is 73.1 Å². The molecule has 0 aliphatic carbocycles. The Labute approximate surface area is 123 Å². The van der Waals surface area contributed by atoms with Gasteiger partial charge in [0.15, 0.2) is 0 Å². The summed E-state index contributed by atoms with van der Waals surface area (Å²) in [6.45, 7) is 4.13. The van der Waals surface area contributed by atoms with Gasteiger partial charge in [0.05, 0.1) is 17.2 Å². The Morgan fingerprint density at radius 3 is 2.86 bits per heavy atom. The number of nitrogens with zero attached hydrogens (tertiary/aromatic N) is 3. The van der Waals surface area contributed by atoms with E-state index in [1.807, 2.05) is 48.5 Å². The van der Waals surface area contributed by atoms with E-state index in [0.717, 1.165) is 22.3 Å². The van der Waals surface area contributed by atoms with Crippen molar-refractivity contribution in [1.29, 1.82) is 0 Å². The van der Waals surface area contributed by atoms with Crippen molar-refractivity contribution < 1.29 is 4.74 Å². The molecular weight excluding hydrogens is 262 g/mol. The van der Waals surface area contributed by atoms with E-state index in [4.69, 9.17) is 4.74 Å². The summed E-state index contributed by atoms with van der Waals surface area (Å²) in [6.07, 6.45) is 5.19. The molecule has 4 heteroatoms. The Kier molecular flexibility index (Phi) is 3.78. The number of aromatic nitrogens is 2. The summed E-state index contributed by atoms with van der Waals surface area (Å²) in [5.74, 6) is 0.783. The highest BCUT2D eigenvalue weighted by molar-refractivity contribution is 5.84. The van der Waals surface area contributed by atoms with Crippen LogP contribution in [0.1, 0.15) is 5.56 Å². The van der Waals surface area contributed by atoms with E-state index in [2.05, 4.69) is 16.7 Å². The first-order valence-electron chi connectivity index (χ1n) is 6.67. The average Bonchev–Trinajstić information content (AvgIpc) is 2.95. The Balaban J connectivity index is 1.91. The Bertz CT molecular complexity index is 789. The third-order valence-electron chi connectivity index (χ3n) is 3.03. The van der Waals surface area contributed by atoms with Crippen molar-refractivity contribution in [3.63, 3.8) is 0 Å². The van der Waals surface area contributed by atoms with E-state index >= 15 is 0 Å². The normalized spacial score (nSPS) is 11.0. The molecule has 0 saturated carbocycles. The lowest BCUT2D eigenvalue weighted by atomic mass is 10.2. The third-order valence-corrected chi connectivity index (χ3v) is 3.03. The van der Waals surface area contributed by atoms with Crippen LogP contribution in [0.4, 0.5) is 0 Å². The Hall–Kier alpha value is -2.88. The second kappa shape index (κ2) is 6.05. The summed E-state index contributed by atoms with van der Waals surface area (Å²) in [5, 5.41) is 4.46. The standard InChI is InChI=1S/C17H15N3O/c1-2-11-21-17-10-6-3-7-14(17)12-19-20-13-18-15-8-4-5-9-16(15)20/h2-10,12-13H,1,11H2/b19-12-. The highest BCUT2D eigenvalue weighted by Crippen LogP contribution is 2.17. The van der Waals surface area contributed by atoms with E-state index in [1.54, 1.807) is 23.3 Å². The minimum Gasteiger partial charge on any atom is -0.489 e. The Morgan fingerprint density at radius 2 is 1.95 bits per heavy atom. The van der Waals surface area contributed by atoms with Gasteiger partial charge >= 0.3 is 0 Å². The molecule has 0 aliphatic rings. The van der Waals surface area contributed by atoms with Crippen LogP contribution in [0.25, 0.3) is 11.0 Å². The van der Waals surface area contributed by atoms with Crippen molar-refractivity contribution in [2.24, 2.45) is 5.10 Å². The number of fused-ring (bicyclic) bond motifs is 1. The van der Waals surface area contributed by atoms with Crippen LogP contribution in [0.15, 0.2) is 72.6 Å². The first kappa shape index (κ1) is 13.1. The number of ether oxygens (including phenoxy) is 1. The fraction of sp³-hybridized carbons (Fsp3) is 0.0588. The molecule has 3 aromatic rings. The van der Waals surface area contributed by atoms with Crippen LogP contribution in [-0.4, -0.2) is 22.5 Å². The Morgan fingerprint density at radius 1 is 1.14 bits per heavy atom. The number of hydrogen-bond donors (Lipinski definition) is 0. The molecule has 1 heterocycles. The van der Waals surface area contributed by atoms with Crippen LogP contribution in [0, 0.1) is 0 Å². The van der Waals surface area contributed by atoms with E-state index in [1.165, 1.54) is 0 Å². The first-order chi connectivity index (χ1) is 10.4. The highest BCUT2D eigenvalue weighted by atomic mass is 16.5. The zero-order valence-corrected chi connectivity index (χ0v) is 11.5. The molecule has 0 spiro atoms. The maximum absolute atomic E-state index is 5.61. The van der Waals surface area contributed by atoms with Gasteiger partial charge in [-0.15, -0.1) is 0 Å². The smallest absolute Gasteiger partial charge is 0.128 e. The van der Waals surface area contributed by atoms with Gasteiger partial charge in [-0.25, -0.2) is 9.66 Å². The zero-order chi connectivity index (χ0) is 14.5. The van der Waals surface area contributed by atoms with Crippen molar-refractivity contribution >= 4 is 17.2 Å². The van der Waals surface area contributed by atoms with Crippen molar-refractivity contribution in [3.8, 4) is 5.75 Å². The van der Waals surface area contributed by atoms with Crippen molar-refractivity contribution in [2.45, 2.75) is 0 Å². The fourth-order valence-corrected chi connectivity index (χ4v) is 2.03. The third kappa shape index (κ3) is 2.84. The van der Waals surface area contributed by atoms with Crippen LogP contribution in [0.5, 0.6) is 5.75 Å². The molecule has 0 saturated heterocycles. The maximum Gasteiger partial charge on any atom is 0.128 e. The van der Waals surface area contributed by atoms with E-state index < -0.39 is 0 Å². The molecule has 0 unspecified atom stereocenters. The van der Waals surface area contributed by atoms with Gasteiger partial charge in [0.1, 0.15) is 18.7 Å². The molecule has 21 heavy (non-hydrogen) atoms. The van der Waals surface area contributed by atoms with Crippen molar-refractivity contribution in [2.75, 3.05) is 6.61 Å². The zero-order valence-electron chi connectivity index (χ0n) is 11.5. The van der Waals surface area contributed by atoms with Gasteiger partial charge in [-0.05, 0) is 24.3 Å². The van der Waals surface area contributed by atoms with Gasteiger partial charge in [0, 0.05) is 5.56 Å². The first-order valence-corrected chi connectivity index (χ1v) is 6.67. The second-order valence-corrected chi connectivity index (χ2v) is 4.46. The predicted molar refractivity (Wildman–Crippen MR) is 84.9 cm³/mol. The lowest BCUT2D eigenvalue weighted by Crippen LogP contribution is -1.97. The quantitative estimate of drug-likeness (QED) is 0.529. The SMILES string of the molecule is C=CCOc1ccccc1/C=N\n1cnc2ccccc21. The molecule has 0 aliphatic heterocycles. The summed E-state index contributed by atoms with van der Waals surface area (Å²) >= 11 is 0. The molecule has 0 atom stereocenters. The molecule has 0 bridgehead atoms. The van der Waals surface area contributed by atoms with Crippen LogP contribution in [-0.2, 0) is 0 Å². The molecule has 0 fully saturated rings. The molecular formula is C17H15N3O. The largest absolute Gasteiger partial charge is 0.489 e. The van der Waals surface area contributed by atoms with Crippen LogP contribution < -0.4 is 4.74 Å². The number of para-hydroxylation sites is 3. The summed E-state index contributed by atoms with van der Waals surface area (Å²) in [6, 6.07) is 15.6. The average molecular weight is 277 g/mol. The maximum atomic E-state index is 5.61. The minimum absolute atomic E-state index is 0.471. The van der Waals surface area contributed by atoms with Gasteiger partial charge in [-0.2, -0.15) is 5.10 Å². The fourth-order valence-electron chi connectivity index (χ4n) is 2.03. The monoisotopic (exact) mass is 277 g/mol. The van der Waals surface area contributed by atoms with Crippen LogP contribution in [0.2, 0.25) is 0 Å². The minimum atomic E-state index is 0.471. The second-order valence-electron chi connectivity index (χ2n) is 4.46. The summed E-state index contributed by atoms with van der Waals surface area (Å²) in [4.78, 5) is 4.31. The molecule has 4 nitrogen and oxygen atoms in total.